The SMILES string of the molecule is CCc1cc(-c2cccc(F)c2)c(O)cc1OCCCCCC(C)(C)c1nnn[n-]1. The minimum absolute atomic E-state index is 0.0893. The van der Waals surface area contributed by atoms with Crippen molar-refractivity contribution in [2.75, 3.05) is 6.61 Å². The van der Waals surface area contributed by atoms with E-state index in [0.717, 1.165) is 37.7 Å². The predicted molar refractivity (Wildman–Crippen MR) is 113 cm³/mol. The maximum atomic E-state index is 13.5. The number of rotatable bonds is 10. The zero-order valence-electron chi connectivity index (χ0n) is 17.7. The summed E-state index contributed by atoms with van der Waals surface area (Å²) >= 11 is 0. The van der Waals surface area contributed by atoms with Gasteiger partial charge in [0, 0.05) is 17.5 Å². The van der Waals surface area contributed by atoms with Gasteiger partial charge in [0.2, 0.25) is 0 Å². The molecular formula is C23H28FN4O2-. The first-order valence-electron chi connectivity index (χ1n) is 10.3. The van der Waals surface area contributed by atoms with Gasteiger partial charge in [-0.3, -0.25) is 10.3 Å². The summed E-state index contributed by atoms with van der Waals surface area (Å²) in [6.07, 6.45) is 4.65. The van der Waals surface area contributed by atoms with Crippen molar-refractivity contribution in [2.45, 2.75) is 58.3 Å². The van der Waals surface area contributed by atoms with Gasteiger partial charge in [0.05, 0.1) is 6.61 Å². The van der Waals surface area contributed by atoms with Crippen LogP contribution in [0, 0.1) is 5.82 Å². The number of aromatic hydroxyl groups is 1. The van der Waals surface area contributed by atoms with E-state index in [9.17, 15) is 9.50 Å². The number of halogens is 1. The maximum absolute atomic E-state index is 13.5. The molecular weight excluding hydrogens is 383 g/mol. The highest BCUT2D eigenvalue weighted by molar-refractivity contribution is 5.72. The largest absolute Gasteiger partial charge is 0.507 e. The summed E-state index contributed by atoms with van der Waals surface area (Å²) < 4.78 is 19.5. The Balaban J connectivity index is 1.53. The lowest BCUT2D eigenvalue weighted by atomic mass is 9.86. The maximum Gasteiger partial charge on any atom is 0.127 e. The Kier molecular flexibility index (Phi) is 7.03. The minimum Gasteiger partial charge on any atom is -0.507 e. The van der Waals surface area contributed by atoms with E-state index in [1.54, 1.807) is 18.2 Å². The minimum atomic E-state index is -0.328. The number of nitrogens with zero attached hydrogens (tertiary/aromatic N) is 4. The standard InChI is InChI=1S/C23H28FN4O2/c1-4-16-14-19(17-9-8-10-18(24)13-17)20(29)15-21(16)30-12-7-5-6-11-23(2,3)22-25-27-28-26-22/h8-10,13-15H,4-7,11-12H2,1-3H3,(H-,25,26,27,28,29)/q-1. The number of aryl methyl sites for hydroxylation is 1. The molecule has 0 aliphatic carbocycles. The molecule has 1 aromatic heterocycles. The van der Waals surface area contributed by atoms with Crippen molar-refractivity contribution in [1.29, 1.82) is 0 Å². The Morgan fingerprint density at radius 1 is 1.13 bits per heavy atom. The highest BCUT2D eigenvalue weighted by Gasteiger charge is 2.19. The van der Waals surface area contributed by atoms with Crippen LogP contribution in [0.15, 0.2) is 36.4 Å². The van der Waals surface area contributed by atoms with Crippen LogP contribution in [0.1, 0.15) is 57.8 Å². The Labute approximate surface area is 176 Å². The van der Waals surface area contributed by atoms with E-state index >= 15 is 0 Å². The van der Waals surface area contributed by atoms with Crippen LogP contribution in [0.3, 0.4) is 0 Å². The Morgan fingerprint density at radius 3 is 2.67 bits per heavy atom. The molecule has 0 saturated heterocycles. The van der Waals surface area contributed by atoms with Crippen LogP contribution in [0.4, 0.5) is 4.39 Å². The number of phenols is 1. The molecule has 0 amide bonds. The summed E-state index contributed by atoms with van der Waals surface area (Å²) in [5.41, 5.74) is 2.11. The first-order chi connectivity index (χ1) is 14.4. The Morgan fingerprint density at radius 2 is 1.97 bits per heavy atom. The van der Waals surface area contributed by atoms with Crippen LogP contribution in [0.2, 0.25) is 0 Å². The molecule has 3 rings (SSSR count). The fourth-order valence-corrected chi connectivity index (χ4v) is 3.47. The van der Waals surface area contributed by atoms with E-state index in [4.69, 9.17) is 4.74 Å². The van der Waals surface area contributed by atoms with Crippen LogP contribution in [-0.4, -0.2) is 27.2 Å². The first kappa shape index (κ1) is 21.7. The molecule has 2 aromatic carbocycles. The number of aromatic nitrogens is 4. The van der Waals surface area contributed by atoms with Gasteiger partial charge in [-0.25, -0.2) is 4.39 Å². The number of hydrogen-bond acceptors (Lipinski definition) is 5. The van der Waals surface area contributed by atoms with Gasteiger partial charge in [0.25, 0.3) is 0 Å². The van der Waals surface area contributed by atoms with Crippen molar-refractivity contribution in [2.24, 2.45) is 0 Å². The van der Waals surface area contributed by atoms with E-state index in [-0.39, 0.29) is 17.0 Å². The Bertz CT molecular complexity index is 958. The molecule has 0 unspecified atom stereocenters. The van der Waals surface area contributed by atoms with Gasteiger partial charge in [-0.2, -0.15) is 5.21 Å². The van der Waals surface area contributed by atoms with Crippen LogP contribution in [0.25, 0.3) is 11.1 Å². The van der Waals surface area contributed by atoms with Gasteiger partial charge in [-0.05, 0) is 54.0 Å². The monoisotopic (exact) mass is 411 g/mol. The summed E-state index contributed by atoms with van der Waals surface area (Å²) in [4.78, 5) is 0. The molecule has 0 aliphatic rings. The average Bonchev–Trinajstić information content (AvgIpc) is 3.26. The molecule has 30 heavy (non-hydrogen) atoms. The number of ether oxygens (including phenoxy) is 1. The third-order valence-corrected chi connectivity index (χ3v) is 5.32. The van der Waals surface area contributed by atoms with Gasteiger partial charge in [0.1, 0.15) is 17.3 Å². The highest BCUT2D eigenvalue weighted by Crippen LogP contribution is 2.36. The van der Waals surface area contributed by atoms with E-state index in [2.05, 4.69) is 34.5 Å². The van der Waals surface area contributed by atoms with Crippen LogP contribution >= 0.6 is 0 Å². The van der Waals surface area contributed by atoms with Crippen LogP contribution < -0.4 is 9.84 Å². The van der Waals surface area contributed by atoms with Crippen molar-refractivity contribution in [3.63, 3.8) is 0 Å². The van der Waals surface area contributed by atoms with Crippen molar-refractivity contribution in [1.82, 2.24) is 20.6 Å². The Hall–Kier alpha value is -2.96. The zero-order chi connectivity index (χ0) is 21.6. The lowest BCUT2D eigenvalue weighted by molar-refractivity contribution is 0.296. The summed E-state index contributed by atoms with van der Waals surface area (Å²) in [5.74, 6) is 1.12. The van der Waals surface area contributed by atoms with Crippen molar-refractivity contribution in [3.05, 3.63) is 53.6 Å². The second kappa shape index (κ2) is 9.69. The summed E-state index contributed by atoms with van der Waals surface area (Å²) in [6, 6.07) is 9.74. The summed E-state index contributed by atoms with van der Waals surface area (Å²) in [5, 5.41) is 25.5. The molecule has 0 fully saturated rings. The van der Waals surface area contributed by atoms with Crippen molar-refractivity contribution in [3.8, 4) is 22.6 Å². The molecule has 0 atom stereocenters. The lowest BCUT2D eigenvalue weighted by Gasteiger charge is -2.24. The van der Waals surface area contributed by atoms with E-state index in [1.807, 2.05) is 13.0 Å². The molecule has 1 heterocycles. The van der Waals surface area contributed by atoms with Crippen LogP contribution in [0.5, 0.6) is 11.5 Å². The fourth-order valence-electron chi connectivity index (χ4n) is 3.47. The normalized spacial score (nSPS) is 11.6. The second-order valence-electron chi connectivity index (χ2n) is 8.09. The van der Waals surface area contributed by atoms with Gasteiger partial charge in [-0.1, -0.05) is 45.7 Å². The average molecular weight is 412 g/mol. The quantitative estimate of drug-likeness (QED) is 0.482. The highest BCUT2D eigenvalue weighted by atomic mass is 19.1. The van der Waals surface area contributed by atoms with Crippen molar-refractivity contribution < 1.29 is 14.2 Å². The molecule has 3 aromatic rings. The molecule has 160 valence electrons. The number of tetrazole rings is 1. The number of unbranched alkanes of at least 4 members (excludes halogenated alkanes) is 2. The summed E-state index contributed by atoms with van der Waals surface area (Å²) in [7, 11) is 0. The lowest BCUT2D eigenvalue weighted by Crippen LogP contribution is -2.20. The molecule has 7 heteroatoms. The van der Waals surface area contributed by atoms with Crippen LogP contribution in [-0.2, 0) is 11.8 Å². The fraction of sp³-hybridized carbons (Fsp3) is 0.435. The van der Waals surface area contributed by atoms with Gasteiger partial charge in [0.15, 0.2) is 0 Å². The zero-order valence-corrected chi connectivity index (χ0v) is 17.7. The molecule has 0 saturated carbocycles. The van der Waals surface area contributed by atoms with Gasteiger partial charge in [-0.15, -0.1) is 0 Å². The van der Waals surface area contributed by atoms with Gasteiger partial charge >= 0.3 is 0 Å². The molecule has 0 bridgehead atoms. The molecule has 1 N–H and O–H groups in total. The molecule has 6 nitrogen and oxygen atoms in total. The number of benzene rings is 2. The van der Waals surface area contributed by atoms with E-state index in [1.165, 1.54) is 12.1 Å². The molecule has 0 aliphatic heterocycles. The van der Waals surface area contributed by atoms with E-state index < -0.39 is 0 Å². The van der Waals surface area contributed by atoms with E-state index in [0.29, 0.717) is 29.3 Å². The smallest absolute Gasteiger partial charge is 0.127 e. The first-order valence-corrected chi connectivity index (χ1v) is 10.3. The topological polar surface area (TPSA) is 82.2 Å². The number of hydrogen-bond donors (Lipinski definition) is 1. The third kappa shape index (κ3) is 5.34. The summed E-state index contributed by atoms with van der Waals surface area (Å²) in [6.45, 7) is 6.80. The predicted octanol–water partition coefficient (Wildman–Crippen LogP) is 4.82. The van der Waals surface area contributed by atoms with Gasteiger partial charge < -0.3 is 14.9 Å². The molecule has 0 radical (unpaired) electrons. The van der Waals surface area contributed by atoms with Crippen molar-refractivity contribution >= 4 is 0 Å². The third-order valence-electron chi connectivity index (χ3n) is 5.32. The molecule has 0 spiro atoms. The second-order valence-corrected chi connectivity index (χ2v) is 8.09. The number of phenolic OH excluding ortho intramolecular Hbond substituents is 1.